The second-order valence-electron chi connectivity index (χ2n) is 5.00. The molecule has 0 fully saturated rings. The molecule has 0 aliphatic rings. The van der Waals surface area contributed by atoms with Crippen LogP contribution in [0.1, 0.15) is 11.4 Å². The van der Waals surface area contributed by atoms with Gasteiger partial charge in [-0.05, 0) is 5.56 Å². The van der Waals surface area contributed by atoms with Gasteiger partial charge >= 0.3 is 0 Å². The van der Waals surface area contributed by atoms with E-state index in [2.05, 4.69) is 32.6 Å². The van der Waals surface area contributed by atoms with E-state index >= 15 is 0 Å². The number of methoxy groups -OCH3 is 1. The van der Waals surface area contributed by atoms with Crippen LogP contribution < -0.4 is 10.1 Å². The summed E-state index contributed by atoms with van der Waals surface area (Å²) in [6.07, 6.45) is 3.35. The van der Waals surface area contributed by atoms with Crippen molar-refractivity contribution < 1.29 is 9.53 Å². The number of hydrogen-bond acceptors (Lipinski definition) is 6. The molecule has 24 heavy (non-hydrogen) atoms. The lowest BCUT2D eigenvalue weighted by Crippen LogP contribution is -2.25. The fourth-order valence-electron chi connectivity index (χ4n) is 2.18. The van der Waals surface area contributed by atoms with Gasteiger partial charge in [0.05, 0.1) is 19.4 Å². The van der Waals surface area contributed by atoms with Gasteiger partial charge in [-0.25, -0.2) is 4.98 Å². The van der Waals surface area contributed by atoms with Gasteiger partial charge in [0, 0.05) is 18.1 Å². The summed E-state index contributed by atoms with van der Waals surface area (Å²) in [4.78, 5) is 16.0. The molecular formula is C16H17N5O2S. The first-order valence-electron chi connectivity index (χ1n) is 7.39. The molecule has 2 heterocycles. The van der Waals surface area contributed by atoms with Crippen LogP contribution in [0.4, 0.5) is 0 Å². The lowest BCUT2D eigenvalue weighted by atomic mass is 10.2. The van der Waals surface area contributed by atoms with Crippen molar-refractivity contribution in [2.45, 2.75) is 12.3 Å². The number of hydrogen-bond donors (Lipinski definition) is 1. The number of carbonyl (C=O) groups excluding carboxylic acids is 1. The molecule has 124 valence electrons. The summed E-state index contributed by atoms with van der Waals surface area (Å²) in [7, 11) is 1.53. The van der Waals surface area contributed by atoms with E-state index in [1.807, 2.05) is 18.2 Å². The number of amides is 1. The maximum atomic E-state index is 12.0. The molecule has 0 aliphatic carbocycles. The first-order chi connectivity index (χ1) is 11.8. The van der Waals surface area contributed by atoms with Gasteiger partial charge < -0.3 is 10.1 Å². The van der Waals surface area contributed by atoms with E-state index < -0.39 is 0 Å². The Kier molecular flexibility index (Phi) is 5.27. The Morgan fingerprint density at radius 2 is 2.12 bits per heavy atom. The molecule has 7 nitrogen and oxygen atoms in total. The highest BCUT2D eigenvalue weighted by atomic mass is 32.2. The van der Waals surface area contributed by atoms with Crippen molar-refractivity contribution in [3.05, 3.63) is 54.1 Å². The molecule has 1 N–H and O–H groups in total. The molecule has 3 rings (SSSR count). The van der Waals surface area contributed by atoms with Crippen molar-refractivity contribution in [2.75, 3.05) is 12.9 Å². The first kappa shape index (κ1) is 16.3. The molecule has 2 aromatic heterocycles. The van der Waals surface area contributed by atoms with Crippen LogP contribution in [0.2, 0.25) is 0 Å². The zero-order valence-corrected chi connectivity index (χ0v) is 14.0. The van der Waals surface area contributed by atoms with E-state index in [1.54, 1.807) is 28.6 Å². The minimum atomic E-state index is -0.0336. The average molecular weight is 343 g/mol. The summed E-state index contributed by atoms with van der Waals surface area (Å²) in [6.45, 7) is 0.305. The van der Waals surface area contributed by atoms with Crippen molar-refractivity contribution in [1.29, 1.82) is 0 Å². The Morgan fingerprint density at radius 3 is 2.92 bits per heavy atom. The van der Waals surface area contributed by atoms with Crippen molar-refractivity contribution in [3.8, 4) is 5.88 Å². The Labute approximate surface area is 143 Å². The third-order valence-corrected chi connectivity index (χ3v) is 4.35. The van der Waals surface area contributed by atoms with E-state index in [0.29, 0.717) is 29.6 Å². The third kappa shape index (κ3) is 3.83. The number of nitrogens with zero attached hydrogens (tertiary/aromatic N) is 4. The number of aromatic nitrogens is 4. The summed E-state index contributed by atoms with van der Waals surface area (Å²) in [5.41, 5.74) is 1.74. The smallest absolute Gasteiger partial charge is 0.260 e. The SMILES string of the molecule is COc1nccn2c(CNC(=O)CSCc3ccccc3)nnc12. The molecule has 8 heteroatoms. The highest BCUT2D eigenvalue weighted by Gasteiger charge is 2.11. The molecule has 0 bridgehead atoms. The first-order valence-corrected chi connectivity index (χ1v) is 8.54. The van der Waals surface area contributed by atoms with Crippen LogP contribution in [-0.2, 0) is 17.1 Å². The van der Waals surface area contributed by atoms with Crippen LogP contribution in [0, 0.1) is 0 Å². The fourth-order valence-corrected chi connectivity index (χ4v) is 3.00. The largest absolute Gasteiger partial charge is 0.478 e. The van der Waals surface area contributed by atoms with Crippen LogP contribution in [0.3, 0.4) is 0 Å². The van der Waals surface area contributed by atoms with Crippen molar-refractivity contribution in [2.24, 2.45) is 0 Å². The molecule has 0 aliphatic heterocycles. The summed E-state index contributed by atoms with van der Waals surface area (Å²) < 4.78 is 6.89. The second kappa shape index (κ2) is 7.78. The number of thioether (sulfide) groups is 1. The van der Waals surface area contributed by atoms with Crippen LogP contribution in [-0.4, -0.2) is 38.4 Å². The van der Waals surface area contributed by atoms with Gasteiger partial charge in [-0.2, -0.15) is 0 Å². The standard InChI is InChI=1S/C16H17N5O2S/c1-23-16-15-20-19-13(21(15)8-7-17-16)9-18-14(22)11-24-10-12-5-3-2-4-6-12/h2-8H,9-11H2,1H3,(H,18,22). The monoisotopic (exact) mass is 343 g/mol. The van der Waals surface area contributed by atoms with Crippen molar-refractivity contribution in [3.63, 3.8) is 0 Å². The predicted molar refractivity (Wildman–Crippen MR) is 91.8 cm³/mol. The Morgan fingerprint density at radius 1 is 1.29 bits per heavy atom. The number of carbonyl (C=O) groups is 1. The number of nitrogens with one attached hydrogen (secondary N) is 1. The summed E-state index contributed by atoms with van der Waals surface area (Å²) in [6, 6.07) is 10.1. The van der Waals surface area contributed by atoms with E-state index in [9.17, 15) is 4.79 Å². The topological polar surface area (TPSA) is 81.4 Å². The predicted octanol–water partition coefficient (Wildman–Crippen LogP) is 1.68. The van der Waals surface area contributed by atoms with E-state index in [4.69, 9.17) is 4.74 Å². The van der Waals surface area contributed by atoms with Gasteiger partial charge in [0.25, 0.3) is 5.88 Å². The van der Waals surface area contributed by atoms with Gasteiger partial charge in [-0.3, -0.25) is 9.20 Å². The lowest BCUT2D eigenvalue weighted by molar-refractivity contribution is -0.118. The Balaban J connectivity index is 1.51. The summed E-state index contributed by atoms with van der Waals surface area (Å²) >= 11 is 1.58. The summed E-state index contributed by atoms with van der Waals surface area (Å²) in [5, 5.41) is 11.0. The Hall–Kier alpha value is -2.61. The second-order valence-corrected chi connectivity index (χ2v) is 5.99. The van der Waals surface area contributed by atoms with Crippen molar-refractivity contribution in [1.82, 2.24) is 24.9 Å². The number of ether oxygens (including phenoxy) is 1. The molecule has 0 spiro atoms. The maximum Gasteiger partial charge on any atom is 0.260 e. The molecule has 1 aromatic carbocycles. The molecule has 3 aromatic rings. The van der Waals surface area contributed by atoms with Crippen LogP contribution >= 0.6 is 11.8 Å². The lowest BCUT2D eigenvalue weighted by Gasteiger charge is -2.05. The average Bonchev–Trinajstić information content (AvgIpc) is 3.04. The Bertz CT molecular complexity index is 822. The van der Waals surface area contributed by atoms with E-state index in [-0.39, 0.29) is 5.91 Å². The third-order valence-electron chi connectivity index (χ3n) is 3.35. The van der Waals surface area contributed by atoms with E-state index in [1.165, 1.54) is 12.7 Å². The van der Waals surface area contributed by atoms with Crippen LogP contribution in [0.5, 0.6) is 5.88 Å². The molecule has 1 amide bonds. The number of rotatable bonds is 7. The van der Waals surface area contributed by atoms with Crippen molar-refractivity contribution >= 4 is 23.3 Å². The van der Waals surface area contributed by atoms with Crippen LogP contribution in [0.15, 0.2) is 42.7 Å². The van der Waals surface area contributed by atoms with Gasteiger partial charge in [0.1, 0.15) is 0 Å². The van der Waals surface area contributed by atoms with Gasteiger partial charge in [0.2, 0.25) is 11.6 Å². The van der Waals surface area contributed by atoms with Crippen LogP contribution in [0.25, 0.3) is 5.65 Å². The fraction of sp³-hybridized carbons (Fsp3) is 0.250. The molecule has 0 radical (unpaired) electrons. The molecule has 0 saturated carbocycles. The molecule has 0 unspecified atom stereocenters. The number of benzene rings is 1. The molecule has 0 atom stereocenters. The van der Waals surface area contributed by atoms with E-state index in [0.717, 1.165) is 5.75 Å². The zero-order valence-electron chi connectivity index (χ0n) is 13.2. The van der Waals surface area contributed by atoms with Gasteiger partial charge in [0.15, 0.2) is 5.82 Å². The molecule has 0 saturated heterocycles. The normalized spacial score (nSPS) is 10.7. The quantitative estimate of drug-likeness (QED) is 0.703. The zero-order chi connectivity index (χ0) is 16.8. The highest BCUT2D eigenvalue weighted by molar-refractivity contribution is 7.99. The minimum Gasteiger partial charge on any atom is -0.478 e. The van der Waals surface area contributed by atoms with Gasteiger partial charge in [-0.15, -0.1) is 22.0 Å². The minimum absolute atomic E-state index is 0.0336. The number of fused-ring (bicyclic) bond motifs is 1. The maximum absolute atomic E-state index is 12.0. The highest BCUT2D eigenvalue weighted by Crippen LogP contribution is 2.14. The summed E-state index contributed by atoms with van der Waals surface area (Å²) in [5.74, 6) is 2.21. The molecular weight excluding hydrogens is 326 g/mol. The van der Waals surface area contributed by atoms with Gasteiger partial charge in [-0.1, -0.05) is 30.3 Å².